The summed E-state index contributed by atoms with van der Waals surface area (Å²) in [4.78, 5) is 2.79. The van der Waals surface area contributed by atoms with E-state index in [1.54, 1.807) is 19.1 Å². The molecule has 0 unspecified atom stereocenters. The molecule has 1 aliphatic heterocycles. The molecule has 0 atom stereocenters. The van der Waals surface area contributed by atoms with Crippen LogP contribution < -0.4 is 4.90 Å². The van der Waals surface area contributed by atoms with Gasteiger partial charge in [-0.2, -0.15) is 0 Å². The lowest BCUT2D eigenvalue weighted by Crippen LogP contribution is -2.23. The third kappa shape index (κ3) is 3.05. The minimum absolute atomic E-state index is 0.163. The molecule has 0 saturated carbocycles. The fraction of sp³-hybridized carbons (Fsp3) is 0.571. The molecule has 1 heterocycles. The van der Waals surface area contributed by atoms with Crippen molar-refractivity contribution in [2.75, 3.05) is 23.7 Å². The summed E-state index contributed by atoms with van der Waals surface area (Å²) < 4.78 is 23.5. The topological polar surface area (TPSA) is 37.4 Å². The maximum atomic E-state index is 11.7. The van der Waals surface area contributed by atoms with Crippen molar-refractivity contribution < 1.29 is 8.42 Å². The van der Waals surface area contributed by atoms with Gasteiger partial charge < -0.3 is 4.90 Å². The highest BCUT2D eigenvalue weighted by atomic mass is 32.2. The van der Waals surface area contributed by atoms with Gasteiger partial charge in [-0.15, -0.1) is 0 Å². The first-order valence-corrected chi connectivity index (χ1v) is 8.36. The summed E-state index contributed by atoms with van der Waals surface area (Å²) in [7, 11) is -3.07. The second kappa shape index (κ2) is 5.74. The van der Waals surface area contributed by atoms with Gasteiger partial charge in [0.05, 0.1) is 10.6 Å². The maximum Gasteiger partial charge on any atom is 0.178 e. The summed E-state index contributed by atoms with van der Waals surface area (Å²) in [6.07, 6.45) is 5.07. The largest absolute Gasteiger partial charge is 0.372 e. The monoisotopic (exact) mass is 267 g/mol. The molecule has 1 saturated heterocycles. The minimum atomic E-state index is -3.07. The number of rotatable bonds is 3. The van der Waals surface area contributed by atoms with E-state index in [0.717, 1.165) is 18.8 Å². The van der Waals surface area contributed by atoms with Crippen molar-refractivity contribution in [3.05, 3.63) is 24.3 Å². The van der Waals surface area contributed by atoms with Crippen LogP contribution in [0.2, 0.25) is 0 Å². The van der Waals surface area contributed by atoms with Gasteiger partial charge in [0.1, 0.15) is 0 Å². The second-order valence-electron chi connectivity index (χ2n) is 4.80. The van der Waals surface area contributed by atoms with Crippen LogP contribution >= 0.6 is 0 Å². The molecule has 0 N–H and O–H groups in total. The first-order chi connectivity index (χ1) is 8.63. The molecule has 1 aliphatic rings. The Kier molecular flexibility index (Phi) is 4.27. The Morgan fingerprint density at radius 2 is 1.56 bits per heavy atom. The highest BCUT2D eigenvalue weighted by molar-refractivity contribution is 7.91. The smallest absolute Gasteiger partial charge is 0.178 e. The molecule has 0 aromatic heterocycles. The molecule has 100 valence electrons. The SMILES string of the molecule is CCS(=O)(=O)c1ccc(N2CCCCCC2)cc1. The van der Waals surface area contributed by atoms with Crippen LogP contribution in [0.4, 0.5) is 5.69 Å². The Labute approximate surface area is 110 Å². The first-order valence-electron chi connectivity index (χ1n) is 6.71. The number of anilines is 1. The third-order valence-corrected chi connectivity index (χ3v) is 5.30. The van der Waals surface area contributed by atoms with Crippen molar-refractivity contribution in [3.63, 3.8) is 0 Å². The molecular weight excluding hydrogens is 246 g/mol. The van der Waals surface area contributed by atoms with E-state index in [1.807, 2.05) is 12.1 Å². The van der Waals surface area contributed by atoms with Gasteiger partial charge >= 0.3 is 0 Å². The summed E-state index contributed by atoms with van der Waals surface area (Å²) in [6, 6.07) is 7.35. The molecule has 2 rings (SSSR count). The number of benzene rings is 1. The predicted octanol–water partition coefficient (Wildman–Crippen LogP) is 2.86. The normalized spacial score (nSPS) is 17.5. The average molecular weight is 267 g/mol. The highest BCUT2D eigenvalue weighted by Crippen LogP contribution is 2.21. The van der Waals surface area contributed by atoms with Crippen molar-refractivity contribution in [2.45, 2.75) is 37.5 Å². The zero-order chi connectivity index (χ0) is 13.0. The lowest BCUT2D eigenvalue weighted by molar-refractivity contribution is 0.597. The van der Waals surface area contributed by atoms with Crippen LogP contribution in [0.25, 0.3) is 0 Å². The summed E-state index contributed by atoms with van der Waals surface area (Å²) in [6.45, 7) is 3.85. The van der Waals surface area contributed by atoms with Gasteiger partial charge in [0.25, 0.3) is 0 Å². The number of hydrogen-bond donors (Lipinski definition) is 0. The summed E-state index contributed by atoms with van der Waals surface area (Å²) in [5.41, 5.74) is 1.15. The third-order valence-electron chi connectivity index (χ3n) is 3.55. The molecule has 3 nitrogen and oxygen atoms in total. The van der Waals surface area contributed by atoms with Crippen LogP contribution in [0.5, 0.6) is 0 Å². The van der Waals surface area contributed by atoms with Gasteiger partial charge in [-0.05, 0) is 37.1 Å². The molecule has 0 radical (unpaired) electrons. The Morgan fingerprint density at radius 3 is 2.06 bits per heavy atom. The van der Waals surface area contributed by atoms with E-state index in [0.29, 0.717) is 4.90 Å². The molecule has 1 aromatic carbocycles. The van der Waals surface area contributed by atoms with Gasteiger partial charge in [-0.25, -0.2) is 8.42 Å². The summed E-state index contributed by atoms with van der Waals surface area (Å²) >= 11 is 0. The summed E-state index contributed by atoms with van der Waals surface area (Å²) in [5, 5.41) is 0. The lowest BCUT2D eigenvalue weighted by Gasteiger charge is -2.22. The highest BCUT2D eigenvalue weighted by Gasteiger charge is 2.13. The van der Waals surface area contributed by atoms with Gasteiger partial charge in [0, 0.05) is 18.8 Å². The van der Waals surface area contributed by atoms with Gasteiger partial charge in [0.2, 0.25) is 0 Å². The number of sulfone groups is 1. The van der Waals surface area contributed by atoms with E-state index in [-0.39, 0.29) is 5.75 Å². The van der Waals surface area contributed by atoms with Crippen molar-refractivity contribution in [3.8, 4) is 0 Å². The van der Waals surface area contributed by atoms with Crippen molar-refractivity contribution in [2.24, 2.45) is 0 Å². The number of nitrogens with zero attached hydrogens (tertiary/aromatic N) is 1. The maximum absolute atomic E-state index is 11.7. The molecule has 0 bridgehead atoms. The van der Waals surface area contributed by atoms with Crippen LogP contribution in [-0.4, -0.2) is 27.3 Å². The van der Waals surface area contributed by atoms with Gasteiger partial charge in [-0.1, -0.05) is 19.8 Å². The van der Waals surface area contributed by atoms with Crippen LogP contribution in [-0.2, 0) is 9.84 Å². The Bertz CT molecular complexity index is 471. The molecule has 1 aromatic rings. The Balaban J connectivity index is 2.16. The lowest BCUT2D eigenvalue weighted by atomic mass is 10.2. The van der Waals surface area contributed by atoms with Crippen molar-refractivity contribution >= 4 is 15.5 Å². The quantitative estimate of drug-likeness (QED) is 0.845. The molecule has 0 amide bonds. The zero-order valence-corrected chi connectivity index (χ0v) is 11.7. The molecule has 0 spiro atoms. The van der Waals surface area contributed by atoms with Crippen LogP contribution in [0.1, 0.15) is 32.6 Å². The molecule has 1 fully saturated rings. The molecule has 0 aliphatic carbocycles. The standard InChI is InChI=1S/C14H21NO2S/c1-2-18(16,17)14-9-7-13(8-10-14)15-11-5-3-4-6-12-15/h7-10H,2-6,11-12H2,1H3. The fourth-order valence-corrected chi connectivity index (χ4v) is 3.24. The van der Waals surface area contributed by atoms with E-state index in [4.69, 9.17) is 0 Å². The predicted molar refractivity (Wildman–Crippen MR) is 74.8 cm³/mol. The van der Waals surface area contributed by atoms with E-state index < -0.39 is 9.84 Å². The Morgan fingerprint density at radius 1 is 1.00 bits per heavy atom. The minimum Gasteiger partial charge on any atom is -0.372 e. The molecule has 18 heavy (non-hydrogen) atoms. The zero-order valence-electron chi connectivity index (χ0n) is 10.9. The van der Waals surface area contributed by atoms with E-state index in [1.165, 1.54) is 25.7 Å². The Hall–Kier alpha value is -1.03. The average Bonchev–Trinajstić information content (AvgIpc) is 2.68. The van der Waals surface area contributed by atoms with E-state index in [9.17, 15) is 8.42 Å². The summed E-state index contributed by atoms with van der Waals surface area (Å²) in [5.74, 6) is 0.163. The van der Waals surface area contributed by atoms with Gasteiger partial charge in [-0.3, -0.25) is 0 Å². The van der Waals surface area contributed by atoms with Crippen LogP contribution in [0.3, 0.4) is 0 Å². The molecule has 4 heteroatoms. The van der Waals surface area contributed by atoms with Crippen LogP contribution in [0.15, 0.2) is 29.2 Å². The molecular formula is C14H21NO2S. The number of hydrogen-bond acceptors (Lipinski definition) is 3. The van der Waals surface area contributed by atoms with Crippen molar-refractivity contribution in [1.29, 1.82) is 0 Å². The van der Waals surface area contributed by atoms with E-state index in [2.05, 4.69) is 4.90 Å². The van der Waals surface area contributed by atoms with Gasteiger partial charge in [0.15, 0.2) is 9.84 Å². The van der Waals surface area contributed by atoms with E-state index >= 15 is 0 Å². The first kappa shape index (κ1) is 13.4. The second-order valence-corrected chi connectivity index (χ2v) is 7.08. The fourth-order valence-electron chi connectivity index (χ4n) is 2.36. The van der Waals surface area contributed by atoms with Crippen LogP contribution in [0, 0.1) is 0 Å². The van der Waals surface area contributed by atoms with Crippen molar-refractivity contribution in [1.82, 2.24) is 0 Å².